The number of hydrogen-bond donors (Lipinski definition) is 2. The van der Waals surface area contributed by atoms with Gasteiger partial charge in [0.2, 0.25) is 0 Å². The molecule has 0 atom stereocenters. The molecule has 6 nitrogen and oxygen atoms in total. The zero-order valence-corrected chi connectivity index (χ0v) is 11.5. The second kappa shape index (κ2) is 6.18. The van der Waals surface area contributed by atoms with Crippen molar-refractivity contribution in [3.05, 3.63) is 29.0 Å². The first kappa shape index (κ1) is 15.7. The molecular formula is C10H12ClFN2O4S. The van der Waals surface area contributed by atoms with Crippen LogP contribution in [-0.2, 0) is 15.0 Å². The molecule has 19 heavy (non-hydrogen) atoms. The van der Waals surface area contributed by atoms with Gasteiger partial charge in [0.25, 0.3) is 0 Å². The minimum Gasteiger partial charge on any atom is -0.481 e. The van der Waals surface area contributed by atoms with Crippen LogP contribution in [-0.4, -0.2) is 37.4 Å². The van der Waals surface area contributed by atoms with Crippen molar-refractivity contribution in [2.75, 3.05) is 18.3 Å². The van der Waals surface area contributed by atoms with Crippen LogP contribution in [0.4, 0.5) is 10.1 Å². The van der Waals surface area contributed by atoms with Crippen LogP contribution < -0.4 is 4.72 Å². The van der Waals surface area contributed by atoms with Gasteiger partial charge in [0.05, 0.1) is 12.1 Å². The number of carboxylic acid groups (broad SMARTS) is 1. The van der Waals surface area contributed by atoms with E-state index in [1.54, 1.807) is 0 Å². The summed E-state index contributed by atoms with van der Waals surface area (Å²) in [5.41, 5.74) is -0.0350. The Morgan fingerprint density at radius 1 is 1.47 bits per heavy atom. The van der Waals surface area contributed by atoms with Gasteiger partial charge < -0.3 is 5.11 Å². The number of nitrogens with one attached hydrogen (secondary N) is 1. The van der Waals surface area contributed by atoms with E-state index < -0.39 is 22.0 Å². The molecule has 1 aromatic rings. The maximum Gasteiger partial charge on any atom is 0.304 e. The van der Waals surface area contributed by atoms with Crippen molar-refractivity contribution >= 4 is 33.5 Å². The van der Waals surface area contributed by atoms with Crippen molar-refractivity contribution in [2.24, 2.45) is 0 Å². The Morgan fingerprint density at radius 3 is 2.63 bits per heavy atom. The first-order chi connectivity index (χ1) is 8.70. The zero-order chi connectivity index (χ0) is 14.6. The molecule has 0 unspecified atom stereocenters. The number of carboxylic acids is 1. The Labute approximate surface area is 115 Å². The molecule has 0 fully saturated rings. The van der Waals surface area contributed by atoms with Gasteiger partial charge in [-0.15, -0.1) is 0 Å². The molecule has 1 rings (SSSR count). The second-order valence-corrected chi connectivity index (χ2v) is 5.94. The Balaban J connectivity index is 2.81. The van der Waals surface area contributed by atoms with Crippen LogP contribution in [0.5, 0.6) is 0 Å². The lowest BCUT2D eigenvalue weighted by atomic mass is 10.3. The molecular weight excluding hydrogens is 299 g/mol. The van der Waals surface area contributed by atoms with Crippen LogP contribution in [0, 0.1) is 5.82 Å². The fraction of sp³-hybridized carbons (Fsp3) is 0.300. The van der Waals surface area contributed by atoms with E-state index >= 15 is 0 Å². The second-order valence-electron chi connectivity index (χ2n) is 3.73. The third-order valence-corrected chi connectivity index (χ3v) is 3.88. The summed E-state index contributed by atoms with van der Waals surface area (Å²) in [5, 5.41) is 8.53. The Bertz CT molecular complexity index is 559. The normalized spacial score (nSPS) is 11.6. The smallest absolute Gasteiger partial charge is 0.304 e. The van der Waals surface area contributed by atoms with Gasteiger partial charge >= 0.3 is 16.2 Å². The SMILES string of the molecule is CN(CCC(=O)O)S(=O)(=O)Nc1cc(F)cc(Cl)c1. The standard InChI is InChI=1S/C10H12ClFN2O4S/c1-14(3-2-10(15)16)19(17,18)13-9-5-7(11)4-8(12)6-9/h4-6,13H,2-3H2,1H3,(H,15,16). The summed E-state index contributed by atoms with van der Waals surface area (Å²) in [5.74, 6) is -1.80. The maximum absolute atomic E-state index is 13.0. The number of carbonyl (C=O) groups is 1. The predicted molar refractivity (Wildman–Crippen MR) is 68.8 cm³/mol. The van der Waals surface area contributed by atoms with Gasteiger partial charge in [-0.25, -0.2) is 4.39 Å². The Kier molecular flexibility index (Phi) is 5.10. The van der Waals surface area contributed by atoms with Gasteiger partial charge in [0, 0.05) is 18.6 Å². The average molecular weight is 311 g/mol. The van der Waals surface area contributed by atoms with Crippen LogP contribution in [0.15, 0.2) is 18.2 Å². The molecule has 0 aromatic heterocycles. The van der Waals surface area contributed by atoms with E-state index in [2.05, 4.69) is 4.72 Å². The number of rotatable bonds is 6. The van der Waals surface area contributed by atoms with Gasteiger partial charge in [0.15, 0.2) is 0 Å². The van der Waals surface area contributed by atoms with Crippen molar-refractivity contribution in [1.29, 1.82) is 0 Å². The van der Waals surface area contributed by atoms with E-state index in [4.69, 9.17) is 16.7 Å². The van der Waals surface area contributed by atoms with Gasteiger partial charge in [-0.05, 0) is 18.2 Å². The van der Waals surface area contributed by atoms with E-state index in [0.29, 0.717) is 0 Å². The predicted octanol–water partition coefficient (Wildman–Crippen LogP) is 1.54. The fourth-order valence-electron chi connectivity index (χ4n) is 1.21. The number of hydrogen-bond acceptors (Lipinski definition) is 3. The summed E-state index contributed by atoms with van der Waals surface area (Å²) in [6, 6.07) is 3.25. The number of aliphatic carboxylic acids is 1. The summed E-state index contributed by atoms with van der Waals surface area (Å²) >= 11 is 5.60. The molecule has 0 spiro atoms. The molecule has 0 bridgehead atoms. The Hall–Kier alpha value is -1.38. The summed E-state index contributed by atoms with van der Waals surface area (Å²) in [7, 11) is -2.73. The maximum atomic E-state index is 13.0. The van der Waals surface area contributed by atoms with Crippen molar-refractivity contribution in [2.45, 2.75) is 6.42 Å². The third kappa shape index (κ3) is 5.01. The molecule has 2 N–H and O–H groups in total. The lowest BCUT2D eigenvalue weighted by Gasteiger charge is -2.17. The molecule has 0 heterocycles. The van der Waals surface area contributed by atoms with Crippen molar-refractivity contribution in [1.82, 2.24) is 4.31 Å². The average Bonchev–Trinajstić information content (AvgIpc) is 2.23. The summed E-state index contributed by atoms with van der Waals surface area (Å²) in [4.78, 5) is 10.4. The fourth-order valence-corrected chi connectivity index (χ4v) is 2.34. The topological polar surface area (TPSA) is 86.7 Å². The van der Waals surface area contributed by atoms with E-state index in [-0.39, 0.29) is 23.7 Å². The molecule has 0 saturated heterocycles. The number of halogens is 2. The van der Waals surface area contributed by atoms with Crippen LogP contribution >= 0.6 is 11.6 Å². The first-order valence-electron chi connectivity index (χ1n) is 5.12. The van der Waals surface area contributed by atoms with Crippen molar-refractivity contribution < 1.29 is 22.7 Å². The van der Waals surface area contributed by atoms with E-state index in [9.17, 15) is 17.6 Å². The lowest BCUT2D eigenvalue weighted by Crippen LogP contribution is -2.34. The minimum absolute atomic E-state index is 0.0350. The highest BCUT2D eigenvalue weighted by Gasteiger charge is 2.18. The summed E-state index contributed by atoms with van der Waals surface area (Å²) < 4.78 is 39.6. The Morgan fingerprint density at radius 2 is 2.11 bits per heavy atom. The quantitative estimate of drug-likeness (QED) is 0.834. The molecule has 106 valence electrons. The van der Waals surface area contributed by atoms with Crippen LogP contribution in [0.25, 0.3) is 0 Å². The highest BCUT2D eigenvalue weighted by molar-refractivity contribution is 7.90. The van der Waals surface area contributed by atoms with Gasteiger partial charge in [-0.1, -0.05) is 11.6 Å². The summed E-state index contributed by atoms with van der Waals surface area (Å²) in [6.07, 6.45) is -0.332. The van der Waals surface area contributed by atoms with E-state index in [1.807, 2.05) is 0 Å². The van der Waals surface area contributed by atoms with E-state index in [1.165, 1.54) is 13.1 Å². The molecule has 0 aliphatic rings. The molecule has 0 saturated carbocycles. The third-order valence-electron chi connectivity index (χ3n) is 2.16. The minimum atomic E-state index is -3.95. The summed E-state index contributed by atoms with van der Waals surface area (Å²) in [6.45, 7) is -0.201. The highest BCUT2D eigenvalue weighted by Crippen LogP contribution is 2.19. The number of nitrogens with zero attached hydrogens (tertiary/aromatic N) is 1. The lowest BCUT2D eigenvalue weighted by molar-refractivity contribution is -0.137. The molecule has 1 aromatic carbocycles. The first-order valence-corrected chi connectivity index (χ1v) is 6.94. The largest absolute Gasteiger partial charge is 0.481 e. The number of anilines is 1. The molecule has 0 aliphatic carbocycles. The van der Waals surface area contributed by atoms with Crippen molar-refractivity contribution in [3.63, 3.8) is 0 Å². The van der Waals surface area contributed by atoms with Gasteiger partial charge in [-0.3, -0.25) is 9.52 Å². The van der Waals surface area contributed by atoms with Gasteiger partial charge in [0.1, 0.15) is 5.82 Å². The van der Waals surface area contributed by atoms with Gasteiger partial charge in [-0.2, -0.15) is 12.7 Å². The molecule has 9 heteroatoms. The van der Waals surface area contributed by atoms with Crippen molar-refractivity contribution in [3.8, 4) is 0 Å². The highest BCUT2D eigenvalue weighted by atomic mass is 35.5. The monoisotopic (exact) mass is 310 g/mol. The number of benzene rings is 1. The van der Waals surface area contributed by atoms with Crippen LogP contribution in [0.1, 0.15) is 6.42 Å². The van der Waals surface area contributed by atoms with Crippen LogP contribution in [0.2, 0.25) is 5.02 Å². The molecule has 0 amide bonds. The van der Waals surface area contributed by atoms with Crippen LogP contribution in [0.3, 0.4) is 0 Å². The zero-order valence-electron chi connectivity index (χ0n) is 9.93. The van der Waals surface area contributed by atoms with E-state index in [0.717, 1.165) is 16.4 Å². The molecule has 0 aliphatic heterocycles. The molecule has 0 radical (unpaired) electrons.